The maximum absolute atomic E-state index is 12.2. The standard InChI is InChI=1S/C10H14BrNO5S2/c1-6(13)3-4-12(2)19(16,17)8-5-7(10(14)15)18-9(8)11/h5-6,13H,3-4H2,1-2H3,(H,14,15). The molecule has 0 aliphatic heterocycles. The topological polar surface area (TPSA) is 94.9 Å². The fourth-order valence-electron chi connectivity index (χ4n) is 1.29. The van der Waals surface area contributed by atoms with Gasteiger partial charge in [-0.05, 0) is 35.3 Å². The largest absolute Gasteiger partial charge is 0.477 e. The van der Waals surface area contributed by atoms with Gasteiger partial charge in [-0.15, -0.1) is 11.3 Å². The molecule has 6 nitrogen and oxygen atoms in total. The van der Waals surface area contributed by atoms with E-state index < -0.39 is 22.1 Å². The first-order valence-corrected chi connectivity index (χ1v) is 8.38. The van der Waals surface area contributed by atoms with Gasteiger partial charge in [-0.3, -0.25) is 0 Å². The van der Waals surface area contributed by atoms with Crippen molar-refractivity contribution in [2.75, 3.05) is 13.6 Å². The zero-order valence-corrected chi connectivity index (χ0v) is 13.5. The summed E-state index contributed by atoms with van der Waals surface area (Å²) in [5.74, 6) is -1.17. The lowest BCUT2D eigenvalue weighted by Gasteiger charge is -2.17. The van der Waals surface area contributed by atoms with E-state index in [-0.39, 0.29) is 20.1 Å². The third kappa shape index (κ3) is 3.99. The summed E-state index contributed by atoms with van der Waals surface area (Å²) in [6, 6.07) is 1.13. The molecule has 2 N–H and O–H groups in total. The maximum Gasteiger partial charge on any atom is 0.345 e. The van der Waals surface area contributed by atoms with Crippen molar-refractivity contribution in [1.82, 2.24) is 4.31 Å². The molecule has 0 radical (unpaired) electrons. The molecule has 0 saturated heterocycles. The van der Waals surface area contributed by atoms with E-state index in [1.165, 1.54) is 7.05 Å². The first kappa shape index (κ1) is 16.6. The van der Waals surface area contributed by atoms with Gasteiger partial charge in [0.2, 0.25) is 10.0 Å². The maximum atomic E-state index is 12.2. The summed E-state index contributed by atoms with van der Waals surface area (Å²) in [4.78, 5) is 10.7. The van der Waals surface area contributed by atoms with Crippen LogP contribution in [0.1, 0.15) is 23.0 Å². The van der Waals surface area contributed by atoms with Gasteiger partial charge >= 0.3 is 5.97 Å². The molecule has 0 aliphatic carbocycles. The molecule has 0 amide bonds. The van der Waals surface area contributed by atoms with Crippen LogP contribution in [0, 0.1) is 0 Å². The van der Waals surface area contributed by atoms with Gasteiger partial charge in [0.15, 0.2) is 0 Å². The summed E-state index contributed by atoms with van der Waals surface area (Å²) in [6.07, 6.45) is -0.290. The number of sulfonamides is 1. The molecule has 1 atom stereocenters. The Labute approximate surface area is 123 Å². The lowest BCUT2D eigenvalue weighted by Crippen LogP contribution is -2.29. The average Bonchev–Trinajstić information content (AvgIpc) is 2.68. The first-order valence-electron chi connectivity index (χ1n) is 5.33. The van der Waals surface area contributed by atoms with E-state index in [4.69, 9.17) is 10.2 Å². The molecule has 0 aromatic carbocycles. The molecule has 0 aliphatic rings. The minimum absolute atomic E-state index is 0.0469. The summed E-state index contributed by atoms with van der Waals surface area (Å²) in [5, 5.41) is 18.0. The second kappa shape index (κ2) is 6.31. The van der Waals surface area contributed by atoms with E-state index in [2.05, 4.69) is 15.9 Å². The number of thiophene rings is 1. The van der Waals surface area contributed by atoms with Gasteiger partial charge in [-0.25, -0.2) is 17.5 Å². The van der Waals surface area contributed by atoms with Gasteiger partial charge in [-0.2, -0.15) is 0 Å². The molecule has 0 bridgehead atoms. The highest BCUT2D eigenvalue weighted by Gasteiger charge is 2.27. The monoisotopic (exact) mass is 371 g/mol. The Kier molecular flexibility index (Phi) is 5.51. The zero-order valence-electron chi connectivity index (χ0n) is 10.3. The van der Waals surface area contributed by atoms with Gasteiger partial charge < -0.3 is 10.2 Å². The number of nitrogens with zero attached hydrogens (tertiary/aromatic N) is 1. The zero-order chi connectivity index (χ0) is 14.8. The number of hydrogen-bond acceptors (Lipinski definition) is 5. The molecule has 0 fully saturated rings. The number of carbonyl (C=O) groups is 1. The van der Waals surface area contributed by atoms with Crippen molar-refractivity contribution in [2.45, 2.75) is 24.3 Å². The van der Waals surface area contributed by atoms with Crippen LogP contribution in [0.15, 0.2) is 14.7 Å². The highest BCUT2D eigenvalue weighted by Crippen LogP contribution is 2.33. The highest BCUT2D eigenvalue weighted by molar-refractivity contribution is 9.11. The number of aliphatic hydroxyl groups excluding tert-OH is 1. The summed E-state index contributed by atoms with van der Waals surface area (Å²) in [6.45, 7) is 1.73. The number of aliphatic hydroxyl groups is 1. The molecule has 19 heavy (non-hydrogen) atoms. The number of carboxylic acids is 1. The molecule has 0 spiro atoms. The molecule has 1 heterocycles. The number of rotatable bonds is 6. The third-order valence-corrected chi connectivity index (χ3v) is 6.51. The van der Waals surface area contributed by atoms with Crippen molar-refractivity contribution in [3.05, 3.63) is 14.7 Å². The van der Waals surface area contributed by atoms with E-state index >= 15 is 0 Å². The van der Waals surface area contributed by atoms with Gasteiger partial charge in [0.1, 0.15) is 9.77 Å². The minimum atomic E-state index is -3.76. The predicted molar refractivity (Wildman–Crippen MR) is 75.1 cm³/mol. The number of hydrogen-bond donors (Lipinski definition) is 2. The molecule has 1 aromatic heterocycles. The Morgan fingerprint density at radius 3 is 2.58 bits per heavy atom. The van der Waals surface area contributed by atoms with E-state index in [9.17, 15) is 13.2 Å². The van der Waals surface area contributed by atoms with Gasteiger partial charge in [0.25, 0.3) is 0 Å². The number of halogens is 1. The molecular formula is C10H14BrNO5S2. The van der Waals surface area contributed by atoms with Gasteiger partial charge in [0.05, 0.1) is 9.89 Å². The van der Waals surface area contributed by atoms with E-state index in [1.807, 2.05) is 0 Å². The van der Waals surface area contributed by atoms with Crippen LogP contribution in [0.2, 0.25) is 0 Å². The molecule has 1 unspecified atom stereocenters. The highest BCUT2D eigenvalue weighted by atomic mass is 79.9. The second-order valence-corrected chi connectivity index (χ2v) is 8.40. The molecule has 9 heteroatoms. The van der Waals surface area contributed by atoms with Crippen LogP contribution < -0.4 is 0 Å². The van der Waals surface area contributed by atoms with Crippen LogP contribution in [-0.2, 0) is 10.0 Å². The molecule has 0 saturated carbocycles. The second-order valence-electron chi connectivity index (χ2n) is 4.02. The Morgan fingerprint density at radius 1 is 1.58 bits per heavy atom. The van der Waals surface area contributed by atoms with E-state index in [1.54, 1.807) is 6.92 Å². The van der Waals surface area contributed by atoms with Crippen molar-refractivity contribution >= 4 is 43.3 Å². The fourth-order valence-corrected chi connectivity index (χ4v) is 4.82. The molecule has 108 valence electrons. The SMILES string of the molecule is CC(O)CCN(C)S(=O)(=O)c1cc(C(=O)O)sc1Br. The Hall–Kier alpha value is -0.480. The van der Waals surface area contributed by atoms with E-state index in [0.717, 1.165) is 21.7 Å². The van der Waals surface area contributed by atoms with E-state index in [0.29, 0.717) is 6.42 Å². The van der Waals surface area contributed by atoms with Crippen molar-refractivity contribution in [3.63, 3.8) is 0 Å². The average molecular weight is 372 g/mol. The Bertz CT molecular complexity index is 566. The van der Waals surface area contributed by atoms with Crippen LogP contribution in [0.3, 0.4) is 0 Å². The van der Waals surface area contributed by atoms with Crippen LogP contribution in [0.5, 0.6) is 0 Å². The van der Waals surface area contributed by atoms with Crippen molar-refractivity contribution < 1.29 is 23.4 Å². The Morgan fingerprint density at radius 2 is 2.16 bits per heavy atom. The molecular weight excluding hydrogens is 358 g/mol. The van der Waals surface area contributed by atoms with Gasteiger partial charge in [-0.1, -0.05) is 0 Å². The van der Waals surface area contributed by atoms with Crippen molar-refractivity contribution in [2.24, 2.45) is 0 Å². The fraction of sp³-hybridized carbons (Fsp3) is 0.500. The van der Waals surface area contributed by atoms with Crippen LogP contribution in [0.4, 0.5) is 0 Å². The number of carboxylic acid groups (broad SMARTS) is 1. The summed E-state index contributed by atoms with van der Waals surface area (Å²) in [7, 11) is -2.36. The molecule has 1 aromatic rings. The normalized spacial score (nSPS) is 13.7. The smallest absolute Gasteiger partial charge is 0.345 e. The predicted octanol–water partition coefficient (Wildman–Crippen LogP) is 1.60. The van der Waals surface area contributed by atoms with Crippen LogP contribution in [0.25, 0.3) is 0 Å². The lowest BCUT2D eigenvalue weighted by molar-refractivity contribution is 0.0702. The molecule has 1 rings (SSSR count). The quantitative estimate of drug-likeness (QED) is 0.791. The van der Waals surface area contributed by atoms with Crippen molar-refractivity contribution in [1.29, 1.82) is 0 Å². The van der Waals surface area contributed by atoms with Gasteiger partial charge in [0, 0.05) is 13.6 Å². The Balaban J connectivity index is 3.03. The van der Waals surface area contributed by atoms with Crippen molar-refractivity contribution in [3.8, 4) is 0 Å². The van der Waals surface area contributed by atoms with Crippen LogP contribution >= 0.6 is 27.3 Å². The lowest BCUT2D eigenvalue weighted by atomic mass is 10.3. The summed E-state index contributed by atoms with van der Waals surface area (Å²) in [5.41, 5.74) is 0. The number of aromatic carboxylic acids is 1. The third-order valence-electron chi connectivity index (χ3n) is 2.42. The first-order chi connectivity index (χ1) is 8.66. The minimum Gasteiger partial charge on any atom is -0.477 e. The summed E-state index contributed by atoms with van der Waals surface area (Å²) < 4.78 is 25.8. The van der Waals surface area contributed by atoms with Crippen LogP contribution in [-0.4, -0.2) is 48.6 Å². The summed E-state index contributed by atoms with van der Waals surface area (Å²) >= 11 is 3.92.